The predicted molar refractivity (Wildman–Crippen MR) is 61.5 cm³/mol. The van der Waals surface area contributed by atoms with Gasteiger partial charge in [0.05, 0.1) is 13.0 Å². The van der Waals surface area contributed by atoms with E-state index < -0.39 is 12.6 Å². The first-order valence-corrected chi connectivity index (χ1v) is 5.72. The third-order valence-corrected chi connectivity index (χ3v) is 2.32. The molecule has 0 unspecified atom stereocenters. The number of carbonyl (C=O) groups excluding carboxylic acids is 1. The Bertz CT molecular complexity index is 360. The molecule has 0 saturated carbocycles. The van der Waals surface area contributed by atoms with E-state index in [4.69, 9.17) is 4.74 Å². The smallest absolute Gasteiger partial charge is 0.381 e. The van der Waals surface area contributed by atoms with Crippen LogP contribution in [-0.4, -0.2) is 25.2 Å². The van der Waals surface area contributed by atoms with E-state index in [1.807, 2.05) is 6.07 Å². The highest BCUT2D eigenvalue weighted by Gasteiger charge is 2.26. The van der Waals surface area contributed by atoms with Crippen molar-refractivity contribution in [3.8, 4) is 0 Å². The number of halogens is 3. The Morgan fingerprint density at radius 1 is 1.11 bits per heavy atom. The van der Waals surface area contributed by atoms with Crippen molar-refractivity contribution in [2.24, 2.45) is 0 Å². The molecule has 0 radical (unpaired) electrons. The zero-order valence-electron chi connectivity index (χ0n) is 9.87. The number of hydrogen-bond acceptors (Lipinski definition) is 2. The van der Waals surface area contributed by atoms with Gasteiger partial charge in [-0.05, 0) is 6.42 Å². The van der Waals surface area contributed by atoms with Gasteiger partial charge in [0.15, 0.2) is 5.78 Å². The van der Waals surface area contributed by atoms with Gasteiger partial charge in [0.25, 0.3) is 0 Å². The molecule has 0 atom stereocenters. The first-order valence-electron chi connectivity index (χ1n) is 5.72. The van der Waals surface area contributed by atoms with Crippen molar-refractivity contribution in [1.82, 2.24) is 0 Å². The third-order valence-electron chi connectivity index (χ3n) is 2.32. The lowest BCUT2D eigenvalue weighted by Crippen LogP contribution is -2.12. The molecule has 0 saturated heterocycles. The summed E-state index contributed by atoms with van der Waals surface area (Å²) in [6.07, 6.45) is -4.40. The summed E-state index contributed by atoms with van der Waals surface area (Å²) in [5.74, 6) is -0.0185. The van der Waals surface area contributed by atoms with Crippen LogP contribution in [-0.2, 0) is 4.74 Å². The normalized spacial score (nSPS) is 11.5. The van der Waals surface area contributed by atoms with Crippen molar-refractivity contribution >= 4 is 5.78 Å². The monoisotopic (exact) mass is 260 g/mol. The summed E-state index contributed by atoms with van der Waals surface area (Å²) in [5.41, 5.74) is 0.618. The minimum absolute atomic E-state index is 0.0185. The quantitative estimate of drug-likeness (QED) is 0.553. The van der Waals surface area contributed by atoms with Crippen molar-refractivity contribution in [3.05, 3.63) is 35.9 Å². The van der Waals surface area contributed by atoms with Gasteiger partial charge >= 0.3 is 6.18 Å². The Hall–Kier alpha value is -1.36. The van der Waals surface area contributed by atoms with E-state index in [1.54, 1.807) is 24.3 Å². The molecule has 5 heteroatoms. The van der Waals surface area contributed by atoms with E-state index in [2.05, 4.69) is 0 Å². The molecule has 0 bridgehead atoms. The average molecular weight is 260 g/mol. The third kappa shape index (κ3) is 6.39. The van der Waals surface area contributed by atoms with Crippen LogP contribution in [0.4, 0.5) is 13.2 Å². The van der Waals surface area contributed by atoms with Crippen LogP contribution in [0.1, 0.15) is 29.6 Å². The topological polar surface area (TPSA) is 26.3 Å². The molecule has 0 aliphatic heterocycles. The molecular weight excluding hydrogens is 245 g/mol. The Labute approximate surface area is 104 Å². The van der Waals surface area contributed by atoms with Gasteiger partial charge in [0, 0.05) is 18.6 Å². The highest BCUT2D eigenvalue weighted by Crippen LogP contribution is 2.19. The Kier molecular flexibility index (Phi) is 5.85. The lowest BCUT2D eigenvalue weighted by molar-refractivity contribution is -0.145. The van der Waals surface area contributed by atoms with Crippen molar-refractivity contribution < 1.29 is 22.7 Å². The maximum absolute atomic E-state index is 11.8. The number of hydrogen-bond donors (Lipinski definition) is 0. The van der Waals surface area contributed by atoms with Crippen LogP contribution < -0.4 is 0 Å². The molecule has 1 aromatic rings. The SMILES string of the molecule is O=C(CCCOCCC(F)(F)F)c1ccccc1. The molecule has 100 valence electrons. The van der Waals surface area contributed by atoms with Crippen molar-refractivity contribution in [2.45, 2.75) is 25.4 Å². The second-order valence-corrected chi connectivity index (χ2v) is 3.87. The van der Waals surface area contributed by atoms with E-state index in [9.17, 15) is 18.0 Å². The maximum atomic E-state index is 11.8. The number of benzene rings is 1. The minimum Gasteiger partial charge on any atom is -0.381 e. The van der Waals surface area contributed by atoms with E-state index >= 15 is 0 Å². The minimum atomic E-state index is -4.18. The second-order valence-electron chi connectivity index (χ2n) is 3.87. The lowest BCUT2D eigenvalue weighted by Gasteiger charge is -2.06. The number of carbonyl (C=O) groups is 1. The van der Waals surface area contributed by atoms with Gasteiger partial charge in [0.1, 0.15) is 0 Å². The zero-order chi connectivity index (χ0) is 13.4. The highest BCUT2D eigenvalue weighted by molar-refractivity contribution is 5.95. The highest BCUT2D eigenvalue weighted by atomic mass is 19.4. The summed E-state index contributed by atoms with van der Waals surface area (Å²) in [6.45, 7) is -0.169. The van der Waals surface area contributed by atoms with Gasteiger partial charge in [-0.2, -0.15) is 13.2 Å². The van der Waals surface area contributed by atoms with E-state index in [-0.39, 0.29) is 25.4 Å². The summed E-state index contributed by atoms with van der Waals surface area (Å²) >= 11 is 0. The summed E-state index contributed by atoms with van der Waals surface area (Å²) in [4.78, 5) is 11.6. The van der Waals surface area contributed by atoms with E-state index in [1.165, 1.54) is 0 Å². The summed E-state index contributed by atoms with van der Waals surface area (Å²) < 4.78 is 40.2. The largest absolute Gasteiger partial charge is 0.391 e. The number of Topliss-reactive ketones (excluding diaryl/α,β-unsaturated/α-hetero) is 1. The van der Waals surface area contributed by atoms with Crippen molar-refractivity contribution in [3.63, 3.8) is 0 Å². The Morgan fingerprint density at radius 3 is 2.39 bits per heavy atom. The van der Waals surface area contributed by atoms with Crippen LogP contribution in [0, 0.1) is 0 Å². The molecule has 18 heavy (non-hydrogen) atoms. The van der Waals surface area contributed by atoms with Crippen LogP contribution in [0.25, 0.3) is 0 Å². The first kappa shape index (κ1) is 14.7. The molecule has 0 spiro atoms. The molecule has 0 heterocycles. The zero-order valence-corrected chi connectivity index (χ0v) is 9.87. The molecule has 0 aromatic heterocycles. The fraction of sp³-hybridized carbons (Fsp3) is 0.462. The van der Waals surface area contributed by atoms with Crippen molar-refractivity contribution in [1.29, 1.82) is 0 Å². The summed E-state index contributed by atoms with van der Waals surface area (Å²) in [7, 11) is 0. The fourth-order valence-electron chi connectivity index (χ4n) is 1.39. The van der Waals surface area contributed by atoms with E-state index in [0.29, 0.717) is 12.0 Å². The molecule has 0 N–H and O–H groups in total. The molecule has 0 fully saturated rings. The van der Waals surface area contributed by atoms with Crippen molar-refractivity contribution in [2.75, 3.05) is 13.2 Å². The lowest BCUT2D eigenvalue weighted by atomic mass is 10.1. The van der Waals surface area contributed by atoms with Crippen LogP contribution in [0.5, 0.6) is 0 Å². The molecule has 0 aliphatic rings. The standard InChI is InChI=1S/C13H15F3O2/c14-13(15,16)8-10-18-9-4-7-12(17)11-5-2-1-3-6-11/h1-3,5-6H,4,7-10H2. The maximum Gasteiger partial charge on any atom is 0.391 e. The molecular formula is C13H15F3O2. The van der Waals surface area contributed by atoms with Crippen LogP contribution in [0.3, 0.4) is 0 Å². The Balaban J connectivity index is 2.10. The molecule has 1 rings (SSSR count). The average Bonchev–Trinajstić information content (AvgIpc) is 2.33. The molecule has 2 nitrogen and oxygen atoms in total. The van der Waals surface area contributed by atoms with Gasteiger partial charge in [-0.1, -0.05) is 30.3 Å². The molecule has 0 amide bonds. The van der Waals surface area contributed by atoms with Gasteiger partial charge in [-0.25, -0.2) is 0 Å². The molecule has 0 aliphatic carbocycles. The van der Waals surface area contributed by atoms with Crippen LogP contribution in [0.2, 0.25) is 0 Å². The second kappa shape index (κ2) is 7.16. The Morgan fingerprint density at radius 2 is 1.78 bits per heavy atom. The van der Waals surface area contributed by atoms with Crippen LogP contribution in [0.15, 0.2) is 30.3 Å². The van der Waals surface area contributed by atoms with Gasteiger partial charge in [-0.3, -0.25) is 4.79 Å². The fourth-order valence-corrected chi connectivity index (χ4v) is 1.39. The van der Waals surface area contributed by atoms with Gasteiger partial charge in [0.2, 0.25) is 0 Å². The number of alkyl halides is 3. The molecule has 1 aromatic carbocycles. The van der Waals surface area contributed by atoms with Gasteiger partial charge in [-0.15, -0.1) is 0 Å². The number of rotatable bonds is 7. The summed E-state index contributed by atoms with van der Waals surface area (Å²) in [5, 5.41) is 0. The van der Waals surface area contributed by atoms with E-state index in [0.717, 1.165) is 0 Å². The first-order chi connectivity index (χ1) is 8.49. The number of ether oxygens (including phenoxy) is 1. The van der Waals surface area contributed by atoms with Gasteiger partial charge < -0.3 is 4.74 Å². The number of ketones is 1. The van der Waals surface area contributed by atoms with Crippen LogP contribution >= 0.6 is 0 Å². The predicted octanol–water partition coefficient (Wildman–Crippen LogP) is 3.62. The summed E-state index contributed by atoms with van der Waals surface area (Å²) in [6, 6.07) is 8.79.